The summed E-state index contributed by atoms with van der Waals surface area (Å²) in [5.41, 5.74) is 1.87. The molecule has 0 spiro atoms. The topological polar surface area (TPSA) is 96.8 Å². The molecule has 0 saturated carbocycles. The van der Waals surface area contributed by atoms with Crippen LogP contribution in [-0.4, -0.2) is 53.6 Å². The molecule has 0 bridgehead atoms. The fraction of sp³-hybridized carbons (Fsp3) is 0.320. The first-order chi connectivity index (χ1) is 17.2. The number of hydrogen-bond donors (Lipinski definition) is 2. The number of anilines is 2. The molecular formula is C25H25F3N4O4. The molecule has 0 radical (unpaired) electrons. The number of carbonyl (C=O) groups is 1. The third-order valence-corrected chi connectivity index (χ3v) is 5.90. The van der Waals surface area contributed by atoms with Crippen molar-refractivity contribution in [1.82, 2.24) is 9.97 Å². The maximum absolute atomic E-state index is 12.3. The molecule has 8 nitrogen and oxygen atoms in total. The highest BCUT2D eigenvalue weighted by Gasteiger charge is 2.38. The third-order valence-electron chi connectivity index (χ3n) is 5.90. The predicted octanol–water partition coefficient (Wildman–Crippen LogP) is 4.49. The van der Waals surface area contributed by atoms with E-state index in [1.54, 1.807) is 23.1 Å². The number of carboxylic acids is 1. The van der Waals surface area contributed by atoms with Gasteiger partial charge in [-0.2, -0.15) is 9.97 Å². The summed E-state index contributed by atoms with van der Waals surface area (Å²) in [5, 5.41) is 13.0. The third kappa shape index (κ3) is 6.35. The lowest BCUT2D eigenvalue weighted by Crippen LogP contribution is -2.36. The zero-order valence-corrected chi connectivity index (χ0v) is 19.4. The Balaban J connectivity index is 1.45. The van der Waals surface area contributed by atoms with Crippen LogP contribution in [0, 0.1) is 0 Å². The summed E-state index contributed by atoms with van der Waals surface area (Å²) >= 11 is 0. The van der Waals surface area contributed by atoms with Gasteiger partial charge in [0.1, 0.15) is 23.4 Å². The van der Waals surface area contributed by atoms with Gasteiger partial charge in [0, 0.05) is 25.1 Å². The summed E-state index contributed by atoms with van der Waals surface area (Å²) in [7, 11) is 1.43. The van der Waals surface area contributed by atoms with Gasteiger partial charge in [0.15, 0.2) is 0 Å². The first kappa shape index (κ1) is 25.1. The van der Waals surface area contributed by atoms with Crippen molar-refractivity contribution < 1.29 is 32.5 Å². The minimum Gasteiger partial charge on any atom is -0.480 e. The summed E-state index contributed by atoms with van der Waals surface area (Å²) in [4.78, 5) is 22.4. The molecule has 0 amide bonds. The lowest BCUT2D eigenvalue weighted by molar-refractivity contribution is -0.274. The van der Waals surface area contributed by atoms with Crippen LogP contribution in [0.3, 0.4) is 0 Å². The van der Waals surface area contributed by atoms with Crippen molar-refractivity contribution in [1.29, 1.82) is 0 Å². The number of nitrogens with zero attached hydrogens (tertiary/aromatic N) is 3. The van der Waals surface area contributed by atoms with Crippen molar-refractivity contribution in [3.63, 3.8) is 0 Å². The fourth-order valence-electron chi connectivity index (χ4n) is 4.22. The molecule has 1 aromatic heterocycles. The number of methoxy groups -OCH3 is 1. The Kier molecular flexibility index (Phi) is 7.47. The van der Waals surface area contributed by atoms with E-state index in [1.807, 2.05) is 30.3 Å². The van der Waals surface area contributed by atoms with E-state index in [9.17, 15) is 23.1 Å². The van der Waals surface area contributed by atoms with Crippen LogP contribution in [0.4, 0.5) is 24.8 Å². The lowest BCUT2D eigenvalue weighted by atomic mass is 9.96. The molecule has 4 rings (SSSR count). The van der Waals surface area contributed by atoms with Crippen molar-refractivity contribution in [2.75, 3.05) is 30.4 Å². The summed E-state index contributed by atoms with van der Waals surface area (Å²) in [6.45, 7) is 0.904. The van der Waals surface area contributed by atoms with E-state index < -0.39 is 18.4 Å². The number of aliphatic carboxylic acids is 1. The van der Waals surface area contributed by atoms with Gasteiger partial charge in [0.05, 0.1) is 7.11 Å². The molecule has 1 aliphatic heterocycles. The molecule has 3 aromatic rings. The van der Waals surface area contributed by atoms with Crippen LogP contribution in [0.15, 0.2) is 60.7 Å². The smallest absolute Gasteiger partial charge is 0.480 e. The van der Waals surface area contributed by atoms with Crippen molar-refractivity contribution in [2.45, 2.75) is 31.2 Å². The SMILES string of the molecule is COc1nc(NCCc2ccc(OC(F)(F)F)cc2)cc(N2C[C@H](c3ccccc3)CC2C(=O)O)n1. The Bertz CT molecular complexity index is 1180. The standard InChI is InChI=1S/C25H25F3N4O4/c1-35-24-30-21(29-12-11-16-7-9-19(10-8-16)36-25(26,27)28)14-22(31-24)32-15-18(13-20(32)23(33)34)17-5-3-2-4-6-17/h2-10,14,18,20H,11-13,15H2,1H3,(H,33,34)(H,29,30,31)/t18-,20?/m1/s1. The summed E-state index contributed by atoms with van der Waals surface area (Å²) < 4.78 is 46.1. The van der Waals surface area contributed by atoms with E-state index in [0.29, 0.717) is 37.6 Å². The van der Waals surface area contributed by atoms with Gasteiger partial charge in [-0.25, -0.2) is 4.79 Å². The molecule has 0 aliphatic carbocycles. The number of nitrogens with one attached hydrogen (secondary N) is 1. The zero-order valence-electron chi connectivity index (χ0n) is 19.4. The monoisotopic (exact) mass is 502 g/mol. The number of rotatable bonds is 9. The van der Waals surface area contributed by atoms with Gasteiger partial charge in [0.25, 0.3) is 0 Å². The van der Waals surface area contributed by atoms with Gasteiger partial charge in [-0.15, -0.1) is 13.2 Å². The summed E-state index contributed by atoms with van der Waals surface area (Å²) in [6.07, 6.45) is -3.78. The van der Waals surface area contributed by atoms with Crippen molar-refractivity contribution in [2.24, 2.45) is 0 Å². The predicted molar refractivity (Wildman–Crippen MR) is 126 cm³/mol. The average Bonchev–Trinajstić information content (AvgIpc) is 3.31. The minimum atomic E-state index is -4.73. The molecule has 2 atom stereocenters. The number of carboxylic acid groups (broad SMARTS) is 1. The summed E-state index contributed by atoms with van der Waals surface area (Å²) in [5.74, 6) is -0.297. The molecule has 11 heteroatoms. The quantitative estimate of drug-likeness (QED) is 0.442. The van der Waals surface area contributed by atoms with Crippen LogP contribution in [-0.2, 0) is 11.2 Å². The second kappa shape index (κ2) is 10.7. The van der Waals surface area contributed by atoms with Gasteiger partial charge in [-0.3, -0.25) is 0 Å². The van der Waals surface area contributed by atoms with Crippen LogP contribution >= 0.6 is 0 Å². The Morgan fingerprint density at radius 3 is 2.50 bits per heavy atom. The van der Waals surface area contributed by atoms with Gasteiger partial charge < -0.3 is 24.8 Å². The second-order valence-electron chi connectivity index (χ2n) is 8.32. The first-order valence-corrected chi connectivity index (χ1v) is 11.3. The number of ether oxygens (including phenoxy) is 2. The van der Waals surface area contributed by atoms with Gasteiger partial charge in [0.2, 0.25) is 0 Å². The molecule has 2 heterocycles. The van der Waals surface area contributed by atoms with Crippen LogP contribution in [0.2, 0.25) is 0 Å². The van der Waals surface area contributed by atoms with Crippen molar-refractivity contribution in [3.05, 3.63) is 71.8 Å². The number of hydrogen-bond acceptors (Lipinski definition) is 7. The lowest BCUT2D eigenvalue weighted by Gasteiger charge is -2.23. The van der Waals surface area contributed by atoms with Gasteiger partial charge in [-0.1, -0.05) is 42.5 Å². The molecule has 1 aliphatic rings. The van der Waals surface area contributed by atoms with Crippen LogP contribution in [0.5, 0.6) is 11.8 Å². The molecule has 1 saturated heterocycles. The van der Waals surface area contributed by atoms with E-state index in [4.69, 9.17) is 4.74 Å². The average molecular weight is 502 g/mol. The van der Waals surface area contributed by atoms with E-state index in [0.717, 1.165) is 11.1 Å². The van der Waals surface area contributed by atoms with Crippen molar-refractivity contribution >= 4 is 17.6 Å². The molecule has 36 heavy (non-hydrogen) atoms. The highest BCUT2D eigenvalue weighted by Crippen LogP contribution is 2.35. The Morgan fingerprint density at radius 2 is 1.86 bits per heavy atom. The van der Waals surface area contributed by atoms with Gasteiger partial charge in [-0.05, 0) is 36.1 Å². The number of aromatic nitrogens is 2. The minimum absolute atomic E-state index is 0.0361. The maximum atomic E-state index is 12.3. The zero-order chi connectivity index (χ0) is 25.7. The van der Waals surface area contributed by atoms with E-state index >= 15 is 0 Å². The Labute approximate surface area is 205 Å². The number of halogens is 3. The second-order valence-corrected chi connectivity index (χ2v) is 8.32. The Morgan fingerprint density at radius 1 is 1.14 bits per heavy atom. The van der Waals surface area contributed by atoms with E-state index in [2.05, 4.69) is 20.0 Å². The molecular weight excluding hydrogens is 477 g/mol. The van der Waals surface area contributed by atoms with E-state index in [1.165, 1.54) is 19.2 Å². The maximum Gasteiger partial charge on any atom is 0.573 e. The van der Waals surface area contributed by atoms with Crippen molar-refractivity contribution in [3.8, 4) is 11.8 Å². The molecule has 2 N–H and O–H groups in total. The fourth-order valence-corrected chi connectivity index (χ4v) is 4.22. The number of alkyl halides is 3. The van der Waals surface area contributed by atoms with E-state index in [-0.39, 0.29) is 17.7 Å². The highest BCUT2D eigenvalue weighted by atomic mass is 19.4. The van der Waals surface area contributed by atoms with Crippen LogP contribution < -0.4 is 19.7 Å². The normalized spacial score (nSPS) is 17.6. The molecule has 1 unspecified atom stereocenters. The molecule has 2 aromatic carbocycles. The largest absolute Gasteiger partial charge is 0.573 e. The number of benzene rings is 2. The van der Waals surface area contributed by atoms with Gasteiger partial charge >= 0.3 is 18.3 Å². The van der Waals surface area contributed by atoms with Crippen LogP contribution in [0.25, 0.3) is 0 Å². The molecule has 190 valence electrons. The summed E-state index contributed by atoms with van der Waals surface area (Å²) in [6, 6.07) is 16.4. The highest BCUT2D eigenvalue weighted by molar-refractivity contribution is 5.79. The van der Waals surface area contributed by atoms with Crippen LogP contribution in [0.1, 0.15) is 23.5 Å². The molecule has 1 fully saturated rings. The first-order valence-electron chi connectivity index (χ1n) is 11.3. The Hall–Kier alpha value is -4.02.